The average molecular weight is 323 g/mol. The number of hydrogen-bond acceptors (Lipinski definition) is 4. The topological polar surface area (TPSA) is 100 Å². The fraction of sp³-hybridized carbons (Fsp3) is 0.111. The highest BCUT2D eigenvalue weighted by molar-refractivity contribution is 5.99. The number of amides is 1. The maximum absolute atomic E-state index is 12.5. The van der Waals surface area contributed by atoms with Gasteiger partial charge in [0.2, 0.25) is 5.43 Å². The zero-order valence-electron chi connectivity index (χ0n) is 13.2. The Morgan fingerprint density at radius 2 is 1.92 bits per heavy atom. The van der Waals surface area contributed by atoms with Gasteiger partial charge in [-0.25, -0.2) is 0 Å². The van der Waals surface area contributed by atoms with Crippen molar-refractivity contribution in [3.8, 4) is 5.75 Å². The summed E-state index contributed by atoms with van der Waals surface area (Å²) in [6, 6.07) is 12.7. The first kappa shape index (κ1) is 15.6. The van der Waals surface area contributed by atoms with Gasteiger partial charge in [-0.2, -0.15) is 0 Å². The van der Waals surface area contributed by atoms with Crippen LogP contribution in [0.15, 0.2) is 53.5 Å². The number of para-hydroxylation sites is 1. The van der Waals surface area contributed by atoms with Gasteiger partial charge >= 0.3 is 0 Å². The van der Waals surface area contributed by atoms with Crippen molar-refractivity contribution in [2.45, 2.75) is 6.54 Å². The monoisotopic (exact) mass is 323 g/mol. The van der Waals surface area contributed by atoms with Gasteiger partial charge in [0.1, 0.15) is 11.3 Å². The van der Waals surface area contributed by atoms with Crippen molar-refractivity contribution in [2.24, 2.45) is 5.73 Å². The molecule has 24 heavy (non-hydrogen) atoms. The maximum atomic E-state index is 12.5. The van der Waals surface area contributed by atoms with Crippen LogP contribution in [0.4, 0.5) is 5.69 Å². The summed E-state index contributed by atoms with van der Waals surface area (Å²) in [5.41, 5.74) is 12.6. The highest BCUT2D eigenvalue weighted by Crippen LogP contribution is 2.23. The van der Waals surface area contributed by atoms with E-state index >= 15 is 0 Å². The van der Waals surface area contributed by atoms with Gasteiger partial charge in [0.05, 0.1) is 24.6 Å². The van der Waals surface area contributed by atoms with E-state index in [4.69, 9.17) is 16.2 Å². The molecule has 0 aliphatic heterocycles. The molecule has 122 valence electrons. The Morgan fingerprint density at radius 1 is 1.17 bits per heavy atom. The molecule has 0 aliphatic rings. The number of carbonyl (C=O) groups is 1. The summed E-state index contributed by atoms with van der Waals surface area (Å²) < 4.78 is 7.15. The van der Waals surface area contributed by atoms with Crippen LogP contribution in [0.3, 0.4) is 0 Å². The Kier molecular flexibility index (Phi) is 3.95. The first-order valence-electron chi connectivity index (χ1n) is 7.36. The van der Waals surface area contributed by atoms with Crippen LogP contribution in [0, 0.1) is 0 Å². The van der Waals surface area contributed by atoms with Crippen LogP contribution < -0.4 is 21.6 Å². The highest BCUT2D eigenvalue weighted by atomic mass is 16.5. The molecule has 0 spiro atoms. The minimum atomic E-state index is -0.779. The van der Waals surface area contributed by atoms with Gasteiger partial charge in [-0.3, -0.25) is 9.59 Å². The van der Waals surface area contributed by atoms with Crippen molar-refractivity contribution < 1.29 is 9.53 Å². The molecule has 0 radical (unpaired) electrons. The summed E-state index contributed by atoms with van der Waals surface area (Å²) in [6.45, 7) is 0.407. The Hall–Kier alpha value is -3.28. The Morgan fingerprint density at radius 3 is 2.62 bits per heavy atom. The van der Waals surface area contributed by atoms with Gasteiger partial charge in [0.25, 0.3) is 5.91 Å². The number of carbonyl (C=O) groups excluding carboxylic acids is 1. The van der Waals surface area contributed by atoms with Crippen LogP contribution in [-0.2, 0) is 6.54 Å². The molecule has 0 unspecified atom stereocenters. The first-order chi connectivity index (χ1) is 11.5. The number of ether oxygens (including phenoxy) is 1. The van der Waals surface area contributed by atoms with E-state index < -0.39 is 11.3 Å². The van der Waals surface area contributed by atoms with Gasteiger partial charge in [-0.15, -0.1) is 0 Å². The third kappa shape index (κ3) is 2.58. The standard InChI is InChI=1S/C18H17N3O3/c1-24-15-8-3-2-5-11(15)9-21-10-12(18(20)23)17(22)16-13(19)6-4-7-14(16)21/h2-8,10H,9,19H2,1H3,(H2,20,23). The zero-order valence-corrected chi connectivity index (χ0v) is 13.2. The number of anilines is 1. The summed E-state index contributed by atoms with van der Waals surface area (Å²) in [5.74, 6) is -0.0622. The fourth-order valence-corrected chi connectivity index (χ4v) is 2.79. The summed E-state index contributed by atoms with van der Waals surface area (Å²) in [5, 5.41) is 0.295. The van der Waals surface area contributed by atoms with E-state index in [9.17, 15) is 9.59 Å². The van der Waals surface area contributed by atoms with E-state index in [0.717, 1.165) is 5.56 Å². The Labute approximate surface area is 138 Å². The van der Waals surface area contributed by atoms with Crippen molar-refractivity contribution in [3.63, 3.8) is 0 Å². The Bertz CT molecular complexity index is 992. The Balaban J connectivity index is 2.28. The lowest BCUT2D eigenvalue weighted by molar-refractivity contribution is 0.0999. The second kappa shape index (κ2) is 6.08. The van der Waals surface area contributed by atoms with Crippen molar-refractivity contribution in [2.75, 3.05) is 12.8 Å². The minimum absolute atomic E-state index is 0.0877. The number of nitrogen functional groups attached to an aromatic ring is 1. The number of nitrogens with two attached hydrogens (primary N) is 2. The zero-order chi connectivity index (χ0) is 17.3. The molecule has 3 aromatic rings. The maximum Gasteiger partial charge on any atom is 0.254 e. The smallest absolute Gasteiger partial charge is 0.254 e. The third-order valence-electron chi connectivity index (χ3n) is 3.94. The lowest BCUT2D eigenvalue weighted by Crippen LogP contribution is -2.25. The lowest BCUT2D eigenvalue weighted by atomic mass is 10.1. The molecule has 2 aromatic carbocycles. The van der Waals surface area contributed by atoms with Crippen molar-refractivity contribution >= 4 is 22.5 Å². The number of aromatic nitrogens is 1. The number of pyridine rings is 1. The number of rotatable bonds is 4. The quantitative estimate of drug-likeness (QED) is 0.714. The van der Waals surface area contributed by atoms with Gasteiger partial charge < -0.3 is 20.8 Å². The summed E-state index contributed by atoms with van der Waals surface area (Å²) in [6.07, 6.45) is 1.47. The largest absolute Gasteiger partial charge is 0.496 e. The van der Waals surface area contributed by atoms with E-state index in [1.54, 1.807) is 29.9 Å². The molecule has 1 aromatic heterocycles. The van der Waals surface area contributed by atoms with E-state index in [2.05, 4.69) is 0 Å². The van der Waals surface area contributed by atoms with Crippen LogP contribution >= 0.6 is 0 Å². The van der Waals surface area contributed by atoms with Crippen LogP contribution in [-0.4, -0.2) is 17.6 Å². The number of hydrogen-bond donors (Lipinski definition) is 2. The minimum Gasteiger partial charge on any atom is -0.496 e. The molecule has 0 aliphatic carbocycles. The van der Waals surface area contributed by atoms with E-state index in [0.29, 0.717) is 28.9 Å². The molecular formula is C18H17N3O3. The van der Waals surface area contributed by atoms with Crippen molar-refractivity contribution in [3.05, 3.63) is 70.0 Å². The summed E-state index contributed by atoms with van der Waals surface area (Å²) in [4.78, 5) is 24.1. The van der Waals surface area contributed by atoms with Crippen LogP contribution in [0.5, 0.6) is 5.75 Å². The molecule has 3 rings (SSSR count). The predicted octanol–water partition coefficient (Wildman–Crippen LogP) is 1.74. The second-order valence-electron chi connectivity index (χ2n) is 5.42. The number of nitrogens with zero attached hydrogens (tertiary/aromatic N) is 1. The van der Waals surface area contributed by atoms with Gasteiger partial charge in [-0.05, 0) is 18.2 Å². The summed E-state index contributed by atoms with van der Waals surface area (Å²) >= 11 is 0. The molecule has 1 heterocycles. The molecule has 6 nitrogen and oxygen atoms in total. The number of benzene rings is 2. The SMILES string of the molecule is COc1ccccc1Cn1cc(C(N)=O)c(=O)c2c(N)cccc21. The van der Waals surface area contributed by atoms with Gasteiger partial charge in [0, 0.05) is 17.4 Å². The van der Waals surface area contributed by atoms with Gasteiger partial charge in [0.15, 0.2) is 0 Å². The van der Waals surface area contributed by atoms with E-state index in [-0.39, 0.29) is 5.56 Å². The molecule has 0 bridgehead atoms. The second-order valence-corrected chi connectivity index (χ2v) is 5.42. The highest BCUT2D eigenvalue weighted by Gasteiger charge is 2.15. The fourth-order valence-electron chi connectivity index (χ4n) is 2.79. The molecule has 0 saturated heterocycles. The van der Waals surface area contributed by atoms with E-state index in [1.807, 2.05) is 24.3 Å². The molecule has 4 N–H and O–H groups in total. The normalized spacial score (nSPS) is 10.7. The first-order valence-corrected chi connectivity index (χ1v) is 7.36. The molecular weight excluding hydrogens is 306 g/mol. The molecule has 0 atom stereocenters. The van der Waals surface area contributed by atoms with Crippen LogP contribution in [0.25, 0.3) is 10.9 Å². The van der Waals surface area contributed by atoms with Crippen molar-refractivity contribution in [1.29, 1.82) is 0 Å². The third-order valence-corrected chi connectivity index (χ3v) is 3.94. The van der Waals surface area contributed by atoms with Gasteiger partial charge in [-0.1, -0.05) is 24.3 Å². The average Bonchev–Trinajstić information content (AvgIpc) is 2.57. The van der Waals surface area contributed by atoms with Crippen LogP contribution in [0.1, 0.15) is 15.9 Å². The van der Waals surface area contributed by atoms with E-state index in [1.165, 1.54) is 6.20 Å². The predicted molar refractivity (Wildman–Crippen MR) is 93.2 cm³/mol. The number of methoxy groups -OCH3 is 1. The summed E-state index contributed by atoms with van der Waals surface area (Å²) in [7, 11) is 1.59. The molecule has 1 amide bonds. The molecule has 6 heteroatoms. The number of primary amides is 1. The molecule has 0 saturated carbocycles. The van der Waals surface area contributed by atoms with Crippen molar-refractivity contribution in [1.82, 2.24) is 4.57 Å². The lowest BCUT2D eigenvalue weighted by Gasteiger charge is -2.15. The molecule has 0 fully saturated rings. The van der Waals surface area contributed by atoms with Crippen LogP contribution in [0.2, 0.25) is 0 Å². The number of fused-ring (bicyclic) bond motifs is 1.